The highest BCUT2D eigenvalue weighted by Crippen LogP contribution is 2.23. The average molecular weight is 354 g/mol. The fourth-order valence-corrected chi connectivity index (χ4v) is 3.46. The highest BCUT2D eigenvalue weighted by Gasteiger charge is 2.20. The van der Waals surface area contributed by atoms with Crippen LogP contribution in [0.1, 0.15) is 5.56 Å². The van der Waals surface area contributed by atoms with Gasteiger partial charge in [-0.05, 0) is 52.7 Å². The molecule has 0 N–H and O–H groups in total. The third kappa shape index (κ3) is 3.13. The first-order valence-corrected chi connectivity index (χ1v) is 8.40. The molecule has 0 spiro atoms. The van der Waals surface area contributed by atoms with E-state index in [-0.39, 0.29) is 9.80 Å². The lowest BCUT2D eigenvalue weighted by Gasteiger charge is -2.02. The molecule has 1 aromatic carbocycles. The van der Waals surface area contributed by atoms with E-state index in [1.165, 1.54) is 29.5 Å². The number of hydrogen-bond acceptors (Lipinski definition) is 4. The molecule has 0 fully saturated rings. The van der Waals surface area contributed by atoms with Gasteiger partial charge in [-0.15, -0.1) is 0 Å². The van der Waals surface area contributed by atoms with Gasteiger partial charge in [0.2, 0.25) is 9.84 Å². The van der Waals surface area contributed by atoms with Crippen LogP contribution in [0.25, 0.3) is 6.08 Å². The van der Waals surface area contributed by atoms with E-state index in [1.807, 2.05) is 5.38 Å². The van der Waals surface area contributed by atoms with E-state index in [0.717, 1.165) is 4.47 Å². The molecule has 0 radical (unpaired) electrons. The fourth-order valence-electron chi connectivity index (χ4n) is 1.42. The highest BCUT2D eigenvalue weighted by atomic mass is 79.9. The van der Waals surface area contributed by atoms with Crippen molar-refractivity contribution >= 4 is 43.2 Å². The Kier molecular flexibility index (Phi) is 4.20. The Labute approximate surface area is 123 Å². The van der Waals surface area contributed by atoms with Gasteiger partial charge in [-0.25, -0.2) is 8.42 Å². The Morgan fingerprint density at radius 1 is 1.26 bits per heavy atom. The second kappa shape index (κ2) is 5.70. The van der Waals surface area contributed by atoms with Gasteiger partial charge in [0.1, 0.15) is 11.0 Å². The summed E-state index contributed by atoms with van der Waals surface area (Å²) >= 11 is 4.69. The smallest absolute Gasteiger partial charge is 0.216 e. The number of benzene rings is 1. The van der Waals surface area contributed by atoms with Crippen molar-refractivity contribution in [2.24, 2.45) is 0 Å². The molecule has 2 rings (SSSR count). The molecule has 1 heterocycles. The molecule has 96 valence electrons. The van der Waals surface area contributed by atoms with Gasteiger partial charge in [-0.2, -0.15) is 16.6 Å². The normalized spacial score (nSPS) is 12.1. The summed E-state index contributed by atoms with van der Waals surface area (Å²) in [5.41, 5.74) is 0.710. The molecule has 0 saturated carbocycles. The Balaban J connectivity index is 2.49. The number of sulfone groups is 1. The minimum absolute atomic E-state index is 0.110. The zero-order valence-electron chi connectivity index (χ0n) is 9.58. The Morgan fingerprint density at radius 2 is 1.95 bits per heavy atom. The molecular formula is C13H8BrNO2S2. The molecule has 1 aromatic heterocycles. The van der Waals surface area contributed by atoms with Crippen molar-refractivity contribution in [2.45, 2.75) is 4.90 Å². The quantitative estimate of drug-likeness (QED) is 0.787. The van der Waals surface area contributed by atoms with Crippen molar-refractivity contribution in [2.75, 3.05) is 0 Å². The molecule has 6 heteroatoms. The molecule has 0 aliphatic heterocycles. The van der Waals surface area contributed by atoms with Gasteiger partial charge in [-0.3, -0.25) is 0 Å². The van der Waals surface area contributed by atoms with Crippen LogP contribution in [-0.2, 0) is 9.84 Å². The van der Waals surface area contributed by atoms with Gasteiger partial charge in [0.15, 0.2) is 0 Å². The molecule has 0 atom stereocenters. The number of halogens is 1. The predicted octanol–water partition coefficient (Wildman–Crippen LogP) is 3.85. The number of allylic oxidation sites excluding steroid dienone is 1. The molecule has 3 nitrogen and oxygen atoms in total. The largest absolute Gasteiger partial charge is 0.218 e. The maximum Gasteiger partial charge on any atom is 0.216 e. The Hall–Kier alpha value is -1.42. The van der Waals surface area contributed by atoms with Gasteiger partial charge in [-0.1, -0.05) is 15.9 Å². The first-order valence-electron chi connectivity index (χ1n) is 5.18. The first-order chi connectivity index (χ1) is 9.04. The second-order valence-corrected chi connectivity index (χ2v) is 7.25. The van der Waals surface area contributed by atoms with Gasteiger partial charge in [0.25, 0.3) is 0 Å². The summed E-state index contributed by atoms with van der Waals surface area (Å²) in [5.74, 6) is 0. The number of nitriles is 1. The molecule has 2 aromatic rings. The predicted molar refractivity (Wildman–Crippen MR) is 79.2 cm³/mol. The number of rotatable bonds is 3. The zero-order chi connectivity index (χ0) is 13.9. The lowest BCUT2D eigenvalue weighted by Crippen LogP contribution is -2.03. The van der Waals surface area contributed by atoms with E-state index in [1.54, 1.807) is 29.6 Å². The van der Waals surface area contributed by atoms with Crippen molar-refractivity contribution in [3.63, 3.8) is 0 Å². The van der Waals surface area contributed by atoms with E-state index in [4.69, 9.17) is 5.26 Å². The second-order valence-electron chi connectivity index (χ2n) is 3.63. The standard InChI is InChI=1S/C13H8BrNO2S2/c14-11-1-3-12(4-2-11)19(16,17)13(8-15)7-10-5-6-18-9-10/h1-7,9H/b13-7+. The molecule has 0 bridgehead atoms. The van der Waals surface area contributed by atoms with E-state index in [9.17, 15) is 8.42 Å². The van der Waals surface area contributed by atoms with Crippen molar-refractivity contribution in [1.82, 2.24) is 0 Å². The Morgan fingerprint density at radius 3 is 2.47 bits per heavy atom. The maximum atomic E-state index is 12.3. The SMILES string of the molecule is N#C/C(=C\c1ccsc1)S(=O)(=O)c1ccc(Br)cc1. The summed E-state index contributed by atoms with van der Waals surface area (Å²) < 4.78 is 25.4. The van der Waals surface area contributed by atoms with Gasteiger partial charge in [0.05, 0.1) is 4.90 Å². The third-order valence-corrected chi connectivity index (χ3v) is 5.28. The zero-order valence-corrected chi connectivity index (χ0v) is 12.8. The van der Waals surface area contributed by atoms with Crippen LogP contribution in [0.4, 0.5) is 0 Å². The summed E-state index contributed by atoms with van der Waals surface area (Å²) in [6, 6.07) is 9.73. The first kappa shape index (κ1) is 14.0. The number of hydrogen-bond donors (Lipinski definition) is 0. The maximum absolute atomic E-state index is 12.3. The van der Waals surface area contributed by atoms with Crippen molar-refractivity contribution in [1.29, 1.82) is 5.26 Å². The lowest BCUT2D eigenvalue weighted by atomic mass is 10.3. The molecule has 0 saturated heterocycles. The van der Waals surface area contributed by atoms with Crippen LogP contribution >= 0.6 is 27.3 Å². The summed E-state index contributed by atoms with van der Waals surface area (Å²) in [4.78, 5) is -0.146. The van der Waals surface area contributed by atoms with Crippen LogP contribution in [0.3, 0.4) is 0 Å². The summed E-state index contributed by atoms with van der Waals surface area (Å²) in [5, 5.41) is 12.7. The lowest BCUT2D eigenvalue weighted by molar-refractivity contribution is 0.603. The summed E-state index contributed by atoms with van der Waals surface area (Å²) in [6.07, 6.45) is 1.38. The molecule has 0 aliphatic rings. The topological polar surface area (TPSA) is 57.9 Å². The third-order valence-electron chi connectivity index (χ3n) is 2.36. The van der Waals surface area contributed by atoms with Crippen LogP contribution in [-0.4, -0.2) is 8.42 Å². The fraction of sp³-hybridized carbons (Fsp3) is 0. The van der Waals surface area contributed by atoms with Crippen molar-refractivity contribution < 1.29 is 8.42 Å². The van der Waals surface area contributed by atoms with E-state index in [2.05, 4.69) is 15.9 Å². The minimum atomic E-state index is -3.76. The van der Waals surface area contributed by atoms with E-state index in [0.29, 0.717) is 5.56 Å². The molecule has 0 unspecified atom stereocenters. The van der Waals surface area contributed by atoms with E-state index >= 15 is 0 Å². The monoisotopic (exact) mass is 353 g/mol. The number of thiophene rings is 1. The van der Waals surface area contributed by atoms with Crippen molar-refractivity contribution in [3.05, 3.63) is 56.0 Å². The van der Waals surface area contributed by atoms with E-state index < -0.39 is 9.84 Å². The van der Waals surface area contributed by atoms with Gasteiger partial charge < -0.3 is 0 Å². The van der Waals surface area contributed by atoms with Gasteiger partial charge >= 0.3 is 0 Å². The van der Waals surface area contributed by atoms with Crippen LogP contribution < -0.4 is 0 Å². The van der Waals surface area contributed by atoms with Crippen LogP contribution in [0.2, 0.25) is 0 Å². The molecule has 0 amide bonds. The van der Waals surface area contributed by atoms with Crippen LogP contribution in [0.15, 0.2) is 55.4 Å². The highest BCUT2D eigenvalue weighted by molar-refractivity contribution is 9.10. The summed E-state index contributed by atoms with van der Waals surface area (Å²) in [7, 11) is -3.76. The number of nitrogens with zero attached hydrogens (tertiary/aromatic N) is 1. The summed E-state index contributed by atoms with van der Waals surface area (Å²) in [6.45, 7) is 0. The molecular weight excluding hydrogens is 346 g/mol. The molecule has 19 heavy (non-hydrogen) atoms. The Bertz CT molecular complexity index is 739. The van der Waals surface area contributed by atoms with Crippen LogP contribution in [0.5, 0.6) is 0 Å². The van der Waals surface area contributed by atoms with Gasteiger partial charge in [0, 0.05) is 4.47 Å². The van der Waals surface area contributed by atoms with Crippen LogP contribution in [0, 0.1) is 11.3 Å². The average Bonchev–Trinajstić information content (AvgIpc) is 2.89. The van der Waals surface area contributed by atoms with Crippen molar-refractivity contribution in [3.8, 4) is 6.07 Å². The molecule has 0 aliphatic carbocycles. The minimum Gasteiger partial charge on any atom is -0.218 e.